The minimum absolute atomic E-state index is 0. The molecule has 0 saturated carbocycles. The summed E-state index contributed by atoms with van der Waals surface area (Å²) in [6.45, 7) is 2.39. The zero-order chi connectivity index (χ0) is 13.0. The van der Waals surface area contributed by atoms with Crippen molar-refractivity contribution < 1.29 is 4.39 Å². The Morgan fingerprint density at radius 1 is 1.37 bits per heavy atom. The normalized spacial score (nSPS) is 20.1. The van der Waals surface area contributed by atoms with Crippen LogP contribution in [0.5, 0.6) is 0 Å². The number of nitrogens with two attached hydrogens (primary N) is 1. The van der Waals surface area contributed by atoms with Gasteiger partial charge in [-0.2, -0.15) is 0 Å². The summed E-state index contributed by atoms with van der Waals surface area (Å²) in [7, 11) is 0. The molecule has 1 aliphatic heterocycles. The Morgan fingerprint density at radius 3 is 2.84 bits per heavy atom. The van der Waals surface area contributed by atoms with E-state index in [2.05, 4.69) is 4.90 Å². The van der Waals surface area contributed by atoms with Gasteiger partial charge in [-0.05, 0) is 44.5 Å². The van der Waals surface area contributed by atoms with Crippen LogP contribution in [0, 0.1) is 5.82 Å². The Bertz CT molecular complexity index is 399. The smallest absolute Gasteiger partial charge is 0.129 e. The van der Waals surface area contributed by atoms with Crippen molar-refractivity contribution in [3.05, 3.63) is 34.6 Å². The molecule has 1 fully saturated rings. The number of halogens is 3. The molecular weight excluding hydrogens is 286 g/mol. The van der Waals surface area contributed by atoms with Crippen LogP contribution in [0.3, 0.4) is 0 Å². The van der Waals surface area contributed by atoms with Crippen LogP contribution in [-0.2, 0) is 6.54 Å². The topological polar surface area (TPSA) is 29.3 Å². The van der Waals surface area contributed by atoms with Crippen LogP contribution in [-0.4, -0.2) is 24.0 Å². The van der Waals surface area contributed by atoms with E-state index in [4.69, 9.17) is 17.3 Å². The molecule has 1 aromatic rings. The molecule has 0 aliphatic carbocycles. The summed E-state index contributed by atoms with van der Waals surface area (Å²) in [5, 5.41) is 0.452. The molecule has 108 valence electrons. The van der Waals surface area contributed by atoms with Gasteiger partial charge in [-0.3, -0.25) is 4.90 Å². The lowest BCUT2D eigenvalue weighted by Gasteiger charge is -2.35. The van der Waals surface area contributed by atoms with Crippen molar-refractivity contribution in [1.82, 2.24) is 4.90 Å². The largest absolute Gasteiger partial charge is 0.330 e. The highest BCUT2D eigenvalue weighted by Crippen LogP contribution is 2.23. The van der Waals surface area contributed by atoms with Gasteiger partial charge >= 0.3 is 0 Å². The molecule has 0 aromatic heterocycles. The first-order valence-corrected chi connectivity index (χ1v) is 6.96. The van der Waals surface area contributed by atoms with E-state index < -0.39 is 0 Å². The molecule has 2 rings (SSSR count). The third-order valence-corrected chi connectivity index (χ3v) is 3.87. The molecule has 2 nitrogen and oxygen atoms in total. The second-order valence-electron chi connectivity index (χ2n) is 4.93. The summed E-state index contributed by atoms with van der Waals surface area (Å²) in [5.74, 6) is -0.209. The van der Waals surface area contributed by atoms with E-state index in [0.717, 1.165) is 18.5 Å². The van der Waals surface area contributed by atoms with E-state index >= 15 is 0 Å². The van der Waals surface area contributed by atoms with Gasteiger partial charge < -0.3 is 5.73 Å². The van der Waals surface area contributed by atoms with Gasteiger partial charge in [0.2, 0.25) is 0 Å². The fraction of sp³-hybridized carbons (Fsp3) is 0.571. The number of rotatable bonds is 4. The maximum absolute atomic E-state index is 13.8. The first-order chi connectivity index (χ1) is 8.70. The van der Waals surface area contributed by atoms with Crippen molar-refractivity contribution in [3.8, 4) is 0 Å². The Hall–Kier alpha value is -0.350. The maximum atomic E-state index is 13.8. The van der Waals surface area contributed by atoms with Crippen molar-refractivity contribution >= 4 is 24.0 Å². The lowest BCUT2D eigenvalue weighted by atomic mass is 9.98. The van der Waals surface area contributed by atoms with Gasteiger partial charge in [0.25, 0.3) is 0 Å². The molecule has 0 radical (unpaired) electrons. The summed E-state index contributed by atoms with van der Waals surface area (Å²) >= 11 is 5.77. The molecule has 5 heteroatoms. The minimum atomic E-state index is -0.209. The van der Waals surface area contributed by atoms with Gasteiger partial charge in [-0.1, -0.05) is 24.1 Å². The second-order valence-corrected chi connectivity index (χ2v) is 5.37. The van der Waals surface area contributed by atoms with E-state index in [1.54, 1.807) is 12.1 Å². The zero-order valence-electron chi connectivity index (χ0n) is 10.9. The van der Waals surface area contributed by atoms with Gasteiger partial charge in [0.15, 0.2) is 0 Å². The molecule has 2 N–H and O–H groups in total. The van der Waals surface area contributed by atoms with Gasteiger partial charge in [0.1, 0.15) is 5.82 Å². The fourth-order valence-corrected chi connectivity index (χ4v) is 2.81. The van der Waals surface area contributed by atoms with Crippen LogP contribution in [0.2, 0.25) is 5.02 Å². The Labute approximate surface area is 125 Å². The number of benzene rings is 1. The first kappa shape index (κ1) is 16.7. The highest BCUT2D eigenvalue weighted by atomic mass is 35.5. The average Bonchev–Trinajstić information content (AvgIpc) is 2.35. The van der Waals surface area contributed by atoms with Gasteiger partial charge in [-0.15, -0.1) is 12.4 Å². The predicted octanol–water partition coefficient (Wildman–Crippen LogP) is 3.60. The number of piperidine rings is 1. The zero-order valence-corrected chi connectivity index (χ0v) is 12.5. The quantitative estimate of drug-likeness (QED) is 0.921. The van der Waals surface area contributed by atoms with Crippen molar-refractivity contribution in [2.24, 2.45) is 5.73 Å². The van der Waals surface area contributed by atoms with Crippen molar-refractivity contribution in [2.75, 3.05) is 13.1 Å². The molecule has 1 saturated heterocycles. The molecule has 1 heterocycles. The van der Waals surface area contributed by atoms with Gasteiger partial charge in [0, 0.05) is 23.2 Å². The summed E-state index contributed by atoms with van der Waals surface area (Å²) in [6, 6.07) is 5.42. The lowest BCUT2D eigenvalue weighted by Crippen LogP contribution is -2.40. The second kappa shape index (κ2) is 8.05. The van der Waals surface area contributed by atoms with E-state index in [0.29, 0.717) is 24.2 Å². The Morgan fingerprint density at radius 2 is 2.16 bits per heavy atom. The lowest BCUT2D eigenvalue weighted by molar-refractivity contribution is 0.132. The molecular formula is C14H21Cl2FN2. The van der Waals surface area contributed by atoms with E-state index in [-0.39, 0.29) is 18.2 Å². The van der Waals surface area contributed by atoms with E-state index in [1.165, 1.54) is 25.3 Å². The van der Waals surface area contributed by atoms with E-state index in [1.807, 2.05) is 0 Å². The third kappa shape index (κ3) is 4.60. The fourth-order valence-electron chi connectivity index (χ4n) is 2.66. The van der Waals surface area contributed by atoms with E-state index in [9.17, 15) is 4.39 Å². The van der Waals surface area contributed by atoms with Crippen LogP contribution in [0.4, 0.5) is 4.39 Å². The van der Waals surface area contributed by atoms with Crippen molar-refractivity contribution in [1.29, 1.82) is 0 Å². The minimum Gasteiger partial charge on any atom is -0.330 e. The molecule has 0 amide bonds. The van der Waals surface area contributed by atoms with Crippen LogP contribution in [0.1, 0.15) is 31.2 Å². The number of hydrogen-bond acceptors (Lipinski definition) is 2. The number of likely N-dealkylation sites (tertiary alicyclic amines) is 1. The maximum Gasteiger partial charge on any atom is 0.129 e. The average molecular weight is 307 g/mol. The van der Waals surface area contributed by atoms with Crippen LogP contribution >= 0.6 is 24.0 Å². The summed E-state index contributed by atoms with van der Waals surface area (Å²) in [5.41, 5.74) is 6.37. The van der Waals surface area contributed by atoms with Crippen LogP contribution in [0.15, 0.2) is 18.2 Å². The molecule has 1 aliphatic rings. The van der Waals surface area contributed by atoms with Gasteiger partial charge in [-0.25, -0.2) is 4.39 Å². The molecule has 0 bridgehead atoms. The number of nitrogens with zero attached hydrogens (tertiary/aromatic N) is 1. The SMILES string of the molecule is Cl.NCCC1CCCCN1Cc1ccc(Cl)cc1F. The van der Waals surface area contributed by atoms with Crippen molar-refractivity contribution in [3.63, 3.8) is 0 Å². The van der Waals surface area contributed by atoms with Crippen molar-refractivity contribution in [2.45, 2.75) is 38.3 Å². The van der Waals surface area contributed by atoms with Crippen LogP contribution < -0.4 is 5.73 Å². The molecule has 1 unspecified atom stereocenters. The Kier molecular flexibility index (Phi) is 7.08. The van der Waals surface area contributed by atoms with Crippen LogP contribution in [0.25, 0.3) is 0 Å². The monoisotopic (exact) mass is 306 g/mol. The van der Waals surface area contributed by atoms with Gasteiger partial charge in [0.05, 0.1) is 0 Å². The standard InChI is InChI=1S/C14H20ClFN2.ClH/c15-12-5-4-11(14(16)9-12)10-18-8-2-1-3-13(18)6-7-17;/h4-5,9,13H,1-3,6-8,10,17H2;1H. The third-order valence-electron chi connectivity index (χ3n) is 3.64. The molecule has 1 aromatic carbocycles. The summed E-state index contributed by atoms with van der Waals surface area (Å²) in [6.07, 6.45) is 4.61. The predicted molar refractivity (Wildman–Crippen MR) is 80.4 cm³/mol. The highest BCUT2D eigenvalue weighted by Gasteiger charge is 2.22. The summed E-state index contributed by atoms with van der Waals surface area (Å²) in [4.78, 5) is 2.35. The molecule has 0 spiro atoms. The first-order valence-electron chi connectivity index (χ1n) is 6.58. The Balaban J connectivity index is 0.00000180. The molecule has 19 heavy (non-hydrogen) atoms. The highest BCUT2D eigenvalue weighted by molar-refractivity contribution is 6.30. The summed E-state index contributed by atoms with van der Waals surface area (Å²) < 4.78 is 13.8. The number of hydrogen-bond donors (Lipinski definition) is 1. The molecule has 1 atom stereocenters.